The Morgan fingerprint density at radius 1 is 1.15 bits per heavy atom. The zero-order valence-electron chi connectivity index (χ0n) is 11.8. The lowest BCUT2D eigenvalue weighted by Crippen LogP contribution is -2.29. The maximum atomic E-state index is 5.74. The van der Waals surface area contributed by atoms with E-state index in [2.05, 4.69) is 62.7 Å². The first kappa shape index (κ1) is 15.0. The van der Waals surface area contributed by atoms with Crippen LogP contribution in [0, 0.1) is 0 Å². The molecule has 0 amide bonds. The van der Waals surface area contributed by atoms with Gasteiger partial charge in [0.05, 0.1) is 6.04 Å². The monoisotopic (exact) mass is 333 g/mol. The highest BCUT2D eigenvalue weighted by Crippen LogP contribution is 2.23. The van der Waals surface area contributed by atoms with Crippen molar-refractivity contribution >= 4 is 21.6 Å². The lowest BCUT2D eigenvalue weighted by Gasteiger charge is -2.19. The smallest absolute Gasteiger partial charge is 0.0501 e. The maximum Gasteiger partial charge on any atom is 0.0501 e. The average Bonchev–Trinajstić information content (AvgIpc) is 2.45. The molecule has 0 aromatic heterocycles. The van der Waals surface area contributed by atoms with E-state index in [1.807, 2.05) is 26.2 Å². The van der Waals surface area contributed by atoms with Crippen LogP contribution in [0.1, 0.15) is 17.2 Å². The van der Waals surface area contributed by atoms with Gasteiger partial charge in [-0.25, -0.2) is 0 Å². The average molecular weight is 334 g/mol. The summed E-state index contributed by atoms with van der Waals surface area (Å²) in [4.78, 5) is 2.09. The molecular formula is C16H20BrN3. The van der Waals surface area contributed by atoms with Crippen molar-refractivity contribution in [2.24, 2.45) is 5.84 Å². The van der Waals surface area contributed by atoms with Crippen LogP contribution in [-0.2, 0) is 6.42 Å². The first-order valence-electron chi connectivity index (χ1n) is 6.58. The molecule has 0 aliphatic heterocycles. The first-order chi connectivity index (χ1) is 9.60. The molecule has 0 saturated carbocycles. The summed E-state index contributed by atoms with van der Waals surface area (Å²) in [5.41, 5.74) is 6.54. The lowest BCUT2D eigenvalue weighted by atomic mass is 9.99. The van der Waals surface area contributed by atoms with Crippen molar-refractivity contribution in [2.45, 2.75) is 12.5 Å². The summed E-state index contributed by atoms with van der Waals surface area (Å²) >= 11 is 3.50. The molecular weight excluding hydrogens is 314 g/mol. The fourth-order valence-electron chi connectivity index (χ4n) is 2.19. The number of rotatable bonds is 5. The maximum absolute atomic E-state index is 5.74. The van der Waals surface area contributed by atoms with Crippen molar-refractivity contribution in [1.82, 2.24) is 5.43 Å². The molecule has 2 rings (SSSR count). The highest BCUT2D eigenvalue weighted by atomic mass is 79.9. The molecule has 2 aromatic rings. The van der Waals surface area contributed by atoms with Crippen LogP contribution in [0.25, 0.3) is 0 Å². The summed E-state index contributed by atoms with van der Waals surface area (Å²) in [6.45, 7) is 0. The van der Waals surface area contributed by atoms with E-state index in [-0.39, 0.29) is 6.04 Å². The van der Waals surface area contributed by atoms with Gasteiger partial charge < -0.3 is 4.90 Å². The van der Waals surface area contributed by atoms with E-state index in [9.17, 15) is 0 Å². The van der Waals surface area contributed by atoms with Crippen molar-refractivity contribution in [3.63, 3.8) is 0 Å². The number of hydrogen-bond donors (Lipinski definition) is 2. The number of nitrogens with zero attached hydrogens (tertiary/aromatic N) is 1. The molecule has 0 bridgehead atoms. The van der Waals surface area contributed by atoms with E-state index >= 15 is 0 Å². The second-order valence-electron chi connectivity index (χ2n) is 5.04. The number of anilines is 1. The van der Waals surface area contributed by atoms with Crippen LogP contribution >= 0.6 is 15.9 Å². The minimum atomic E-state index is 0.101. The number of nitrogens with two attached hydrogens (primary N) is 1. The molecule has 2 aromatic carbocycles. The van der Waals surface area contributed by atoms with Crippen LogP contribution in [0.4, 0.5) is 5.69 Å². The second kappa shape index (κ2) is 6.88. The van der Waals surface area contributed by atoms with Crippen molar-refractivity contribution in [1.29, 1.82) is 0 Å². The van der Waals surface area contributed by atoms with Crippen LogP contribution in [0.3, 0.4) is 0 Å². The van der Waals surface area contributed by atoms with Gasteiger partial charge in [-0.05, 0) is 41.8 Å². The molecule has 0 spiro atoms. The van der Waals surface area contributed by atoms with Gasteiger partial charge >= 0.3 is 0 Å². The summed E-state index contributed by atoms with van der Waals surface area (Å²) in [6, 6.07) is 16.9. The standard InChI is InChI=1S/C16H20BrN3/c1-20(2)15-8-4-6-13(11-15)16(19-18)10-12-5-3-7-14(17)9-12/h3-9,11,16,19H,10,18H2,1-2H3. The van der Waals surface area contributed by atoms with E-state index < -0.39 is 0 Å². The molecule has 106 valence electrons. The van der Waals surface area contributed by atoms with Crippen molar-refractivity contribution in [3.8, 4) is 0 Å². The largest absolute Gasteiger partial charge is 0.378 e. The van der Waals surface area contributed by atoms with Crippen LogP contribution in [0.15, 0.2) is 53.0 Å². The fourth-order valence-corrected chi connectivity index (χ4v) is 2.64. The van der Waals surface area contributed by atoms with E-state index in [4.69, 9.17) is 5.84 Å². The zero-order valence-corrected chi connectivity index (χ0v) is 13.4. The molecule has 0 heterocycles. The molecule has 0 saturated heterocycles. The molecule has 0 aliphatic rings. The Labute approximate surface area is 128 Å². The predicted octanol–water partition coefficient (Wildman–Crippen LogP) is 3.26. The summed E-state index contributed by atoms with van der Waals surface area (Å²) in [5.74, 6) is 5.74. The van der Waals surface area contributed by atoms with Gasteiger partial charge in [0, 0.05) is 24.3 Å². The zero-order chi connectivity index (χ0) is 14.5. The predicted molar refractivity (Wildman–Crippen MR) is 88.7 cm³/mol. The SMILES string of the molecule is CN(C)c1cccc(C(Cc2cccc(Br)c2)NN)c1. The van der Waals surface area contributed by atoms with Gasteiger partial charge in [0.1, 0.15) is 0 Å². The third-order valence-electron chi connectivity index (χ3n) is 3.32. The molecule has 1 atom stereocenters. The Balaban J connectivity index is 2.22. The molecule has 3 nitrogen and oxygen atoms in total. The van der Waals surface area contributed by atoms with Gasteiger partial charge in [0.15, 0.2) is 0 Å². The van der Waals surface area contributed by atoms with E-state index in [1.54, 1.807) is 0 Å². The Kier molecular flexibility index (Phi) is 5.17. The van der Waals surface area contributed by atoms with Gasteiger partial charge in [-0.2, -0.15) is 0 Å². The molecule has 0 aliphatic carbocycles. The van der Waals surface area contributed by atoms with E-state index in [1.165, 1.54) is 16.8 Å². The highest BCUT2D eigenvalue weighted by molar-refractivity contribution is 9.10. The van der Waals surface area contributed by atoms with E-state index in [0.717, 1.165) is 10.9 Å². The number of hydrazine groups is 1. The van der Waals surface area contributed by atoms with Gasteiger partial charge in [0.25, 0.3) is 0 Å². The normalized spacial score (nSPS) is 12.2. The quantitative estimate of drug-likeness (QED) is 0.651. The topological polar surface area (TPSA) is 41.3 Å². The van der Waals surface area contributed by atoms with Gasteiger partial charge in [-0.3, -0.25) is 11.3 Å². The third-order valence-corrected chi connectivity index (χ3v) is 3.81. The van der Waals surface area contributed by atoms with Gasteiger partial charge in [0.2, 0.25) is 0 Å². The fraction of sp³-hybridized carbons (Fsp3) is 0.250. The Bertz CT molecular complexity index is 569. The lowest BCUT2D eigenvalue weighted by molar-refractivity contribution is 0.552. The Morgan fingerprint density at radius 2 is 1.90 bits per heavy atom. The Hall–Kier alpha value is -1.36. The summed E-state index contributed by atoms with van der Waals surface area (Å²) in [7, 11) is 4.08. The molecule has 4 heteroatoms. The van der Waals surface area contributed by atoms with Gasteiger partial charge in [-0.1, -0.05) is 40.2 Å². The highest BCUT2D eigenvalue weighted by Gasteiger charge is 2.11. The third kappa shape index (κ3) is 3.82. The van der Waals surface area contributed by atoms with Crippen molar-refractivity contribution in [2.75, 3.05) is 19.0 Å². The minimum absolute atomic E-state index is 0.101. The van der Waals surface area contributed by atoms with Crippen LogP contribution in [0.5, 0.6) is 0 Å². The number of benzene rings is 2. The molecule has 3 N–H and O–H groups in total. The minimum Gasteiger partial charge on any atom is -0.378 e. The molecule has 0 fully saturated rings. The summed E-state index contributed by atoms with van der Waals surface area (Å²) in [5, 5.41) is 0. The molecule has 0 radical (unpaired) electrons. The molecule has 20 heavy (non-hydrogen) atoms. The number of nitrogens with one attached hydrogen (secondary N) is 1. The van der Waals surface area contributed by atoms with Crippen LogP contribution in [0.2, 0.25) is 0 Å². The van der Waals surface area contributed by atoms with Crippen LogP contribution in [-0.4, -0.2) is 14.1 Å². The van der Waals surface area contributed by atoms with Gasteiger partial charge in [-0.15, -0.1) is 0 Å². The molecule has 1 unspecified atom stereocenters. The summed E-state index contributed by atoms with van der Waals surface area (Å²) in [6.07, 6.45) is 0.854. The van der Waals surface area contributed by atoms with Crippen molar-refractivity contribution in [3.05, 3.63) is 64.1 Å². The van der Waals surface area contributed by atoms with Crippen molar-refractivity contribution < 1.29 is 0 Å². The van der Waals surface area contributed by atoms with E-state index in [0.29, 0.717) is 0 Å². The first-order valence-corrected chi connectivity index (χ1v) is 7.37. The number of hydrogen-bond acceptors (Lipinski definition) is 3. The Morgan fingerprint density at radius 3 is 2.55 bits per heavy atom. The second-order valence-corrected chi connectivity index (χ2v) is 5.96. The van der Waals surface area contributed by atoms with Crippen LogP contribution < -0.4 is 16.2 Å². The summed E-state index contributed by atoms with van der Waals surface area (Å²) < 4.78 is 1.09. The number of halogens is 1.